The van der Waals surface area contributed by atoms with E-state index >= 15 is 0 Å². The van der Waals surface area contributed by atoms with Crippen LogP contribution in [0.2, 0.25) is 5.15 Å². The van der Waals surface area contributed by atoms with Crippen LogP contribution in [-0.2, 0) is 24.2 Å². The van der Waals surface area contributed by atoms with Gasteiger partial charge < -0.3 is 10.1 Å². The Kier molecular flexibility index (Phi) is 5.52. The maximum absolute atomic E-state index is 12.1. The number of aromatic nitrogens is 2. The van der Waals surface area contributed by atoms with Crippen LogP contribution in [0, 0.1) is 0 Å². The van der Waals surface area contributed by atoms with Gasteiger partial charge in [0, 0.05) is 18.3 Å². The van der Waals surface area contributed by atoms with Crippen molar-refractivity contribution in [2.24, 2.45) is 0 Å². The molecule has 1 aliphatic heterocycles. The van der Waals surface area contributed by atoms with Crippen LogP contribution in [0.1, 0.15) is 19.0 Å². The molecule has 8 nitrogen and oxygen atoms in total. The Bertz CT molecular complexity index is 1010. The lowest BCUT2D eigenvalue weighted by Gasteiger charge is -2.15. The van der Waals surface area contributed by atoms with Crippen molar-refractivity contribution in [3.8, 4) is 0 Å². The summed E-state index contributed by atoms with van der Waals surface area (Å²) in [6, 6.07) is 4.94. The molecule has 1 aliphatic rings. The van der Waals surface area contributed by atoms with Crippen LogP contribution >= 0.6 is 11.6 Å². The molecule has 1 amide bonds. The molecule has 2 atom stereocenters. The van der Waals surface area contributed by atoms with Gasteiger partial charge in [-0.05, 0) is 31.6 Å². The monoisotopic (exact) mass is 411 g/mol. The summed E-state index contributed by atoms with van der Waals surface area (Å²) in [7, 11) is -3.10. The molecule has 1 N–H and O–H groups in total. The molecule has 0 unspecified atom stereocenters. The number of halogens is 1. The Balaban J connectivity index is 1.59. The lowest BCUT2D eigenvalue weighted by molar-refractivity contribution is -0.150. The van der Waals surface area contributed by atoms with Gasteiger partial charge in [0.1, 0.15) is 5.65 Å². The third-order valence-electron chi connectivity index (χ3n) is 4.14. The van der Waals surface area contributed by atoms with Gasteiger partial charge in [-0.2, -0.15) is 0 Å². The molecule has 0 saturated carbocycles. The average Bonchev–Trinajstić information content (AvgIpc) is 3.10. The highest BCUT2D eigenvalue weighted by Gasteiger charge is 2.30. The number of nitrogens with one attached hydrogen (secondary N) is 1. The molecular weight excluding hydrogens is 394 g/mol. The summed E-state index contributed by atoms with van der Waals surface area (Å²) < 4.78 is 29.6. The molecule has 3 rings (SSSR count). The number of hydrogen-bond donors (Lipinski definition) is 1. The number of ether oxygens (including phenoxy) is 1. The molecule has 1 saturated heterocycles. The van der Waals surface area contributed by atoms with E-state index in [1.807, 2.05) is 6.07 Å². The molecule has 2 aromatic rings. The molecule has 10 heteroatoms. The number of sulfone groups is 1. The fraction of sp³-hybridized carbons (Fsp3) is 0.353. The number of amides is 1. The Morgan fingerprint density at radius 3 is 2.93 bits per heavy atom. The fourth-order valence-corrected chi connectivity index (χ4v) is 4.69. The summed E-state index contributed by atoms with van der Waals surface area (Å²) >= 11 is 6.08. The van der Waals surface area contributed by atoms with E-state index in [1.165, 1.54) is 13.0 Å². The van der Waals surface area contributed by atoms with E-state index in [0.29, 0.717) is 17.8 Å². The molecule has 3 heterocycles. The zero-order valence-electron chi connectivity index (χ0n) is 14.5. The molecule has 1 fully saturated rings. The second-order valence-corrected chi connectivity index (χ2v) is 8.82. The van der Waals surface area contributed by atoms with Gasteiger partial charge in [-0.3, -0.25) is 9.20 Å². The summed E-state index contributed by atoms with van der Waals surface area (Å²) in [5.41, 5.74) is 1.15. The van der Waals surface area contributed by atoms with Gasteiger partial charge in [-0.1, -0.05) is 17.7 Å². The predicted molar refractivity (Wildman–Crippen MR) is 100.0 cm³/mol. The topological polar surface area (TPSA) is 107 Å². The first-order valence-electron chi connectivity index (χ1n) is 8.27. The molecule has 27 heavy (non-hydrogen) atoms. The van der Waals surface area contributed by atoms with E-state index in [4.69, 9.17) is 16.3 Å². The average molecular weight is 412 g/mol. The van der Waals surface area contributed by atoms with Gasteiger partial charge in [0.25, 0.3) is 5.91 Å². The molecular formula is C17H18ClN3O5S. The van der Waals surface area contributed by atoms with Gasteiger partial charge in [-0.25, -0.2) is 18.2 Å². The molecule has 0 radical (unpaired) electrons. The third-order valence-corrected chi connectivity index (χ3v) is 6.19. The minimum absolute atomic E-state index is 0.0505. The van der Waals surface area contributed by atoms with Crippen LogP contribution in [-0.4, -0.2) is 53.3 Å². The SMILES string of the molecule is C[C@H](OC(=O)/C=C/c1c(Cl)nc2ccccn12)C(=O)N[C@H]1CCS(=O)(=O)C1. The van der Waals surface area contributed by atoms with Crippen LogP contribution in [0.25, 0.3) is 11.7 Å². The highest BCUT2D eigenvalue weighted by Crippen LogP contribution is 2.19. The second kappa shape index (κ2) is 7.69. The quantitative estimate of drug-likeness (QED) is 0.586. The molecule has 144 valence electrons. The van der Waals surface area contributed by atoms with Crippen molar-refractivity contribution in [2.45, 2.75) is 25.5 Å². The van der Waals surface area contributed by atoms with Crippen LogP contribution < -0.4 is 5.32 Å². The molecule has 0 aromatic carbocycles. The second-order valence-electron chi connectivity index (χ2n) is 6.24. The van der Waals surface area contributed by atoms with Crippen LogP contribution in [0.5, 0.6) is 0 Å². The number of nitrogens with zero attached hydrogens (tertiary/aromatic N) is 2. The molecule has 0 spiro atoms. The summed E-state index contributed by atoms with van der Waals surface area (Å²) in [6.07, 6.45) is 3.68. The lowest BCUT2D eigenvalue weighted by atomic mass is 10.2. The summed E-state index contributed by atoms with van der Waals surface area (Å²) in [5.74, 6) is -1.30. The molecule has 2 aromatic heterocycles. The van der Waals surface area contributed by atoms with Crippen LogP contribution in [0.3, 0.4) is 0 Å². The van der Waals surface area contributed by atoms with E-state index in [0.717, 1.165) is 6.08 Å². The highest BCUT2D eigenvalue weighted by atomic mass is 35.5. The summed E-state index contributed by atoms with van der Waals surface area (Å²) in [5, 5.41) is 2.82. The Morgan fingerprint density at radius 2 is 2.22 bits per heavy atom. The van der Waals surface area contributed by atoms with Crippen LogP contribution in [0.15, 0.2) is 30.5 Å². The third kappa shape index (κ3) is 4.67. The number of imidazole rings is 1. The number of carbonyl (C=O) groups is 2. The Labute approximate surface area is 161 Å². The first kappa shape index (κ1) is 19.4. The Morgan fingerprint density at radius 1 is 1.44 bits per heavy atom. The zero-order chi connectivity index (χ0) is 19.6. The number of pyridine rings is 1. The lowest BCUT2D eigenvalue weighted by Crippen LogP contribution is -2.42. The van der Waals surface area contributed by atoms with E-state index in [-0.39, 0.29) is 16.7 Å². The van der Waals surface area contributed by atoms with E-state index in [9.17, 15) is 18.0 Å². The van der Waals surface area contributed by atoms with Gasteiger partial charge in [0.15, 0.2) is 21.1 Å². The van der Waals surface area contributed by atoms with Crippen LogP contribution in [0.4, 0.5) is 0 Å². The zero-order valence-corrected chi connectivity index (χ0v) is 16.0. The van der Waals surface area contributed by atoms with E-state index in [2.05, 4.69) is 10.3 Å². The van der Waals surface area contributed by atoms with Gasteiger partial charge in [0.05, 0.1) is 17.2 Å². The van der Waals surface area contributed by atoms with Gasteiger partial charge >= 0.3 is 5.97 Å². The number of rotatable bonds is 5. The standard InChI is InChI=1S/C17H18ClN3O5S/c1-11(17(23)19-12-7-9-27(24,25)10-12)26-15(22)6-5-13-16(18)20-14-4-2-3-8-21(13)14/h2-6,8,11-12H,7,9-10H2,1H3,(H,19,23)/b6-5+/t11-,12-/m0/s1. The van der Waals surface area contributed by atoms with E-state index in [1.54, 1.807) is 22.7 Å². The van der Waals surface area contributed by atoms with Crippen molar-refractivity contribution < 1.29 is 22.7 Å². The minimum Gasteiger partial charge on any atom is -0.449 e. The molecule has 0 bridgehead atoms. The van der Waals surface area contributed by atoms with Crippen molar-refractivity contribution in [3.63, 3.8) is 0 Å². The summed E-state index contributed by atoms with van der Waals surface area (Å²) in [4.78, 5) is 28.2. The van der Waals surface area contributed by atoms with Crippen molar-refractivity contribution in [1.82, 2.24) is 14.7 Å². The van der Waals surface area contributed by atoms with Crippen molar-refractivity contribution >= 4 is 45.0 Å². The van der Waals surface area contributed by atoms with Crippen molar-refractivity contribution in [2.75, 3.05) is 11.5 Å². The fourth-order valence-electron chi connectivity index (χ4n) is 2.78. The maximum Gasteiger partial charge on any atom is 0.331 e. The first-order chi connectivity index (χ1) is 12.7. The van der Waals surface area contributed by atoms with Gasteiger partial charge in [0.2, 0.25) is 0 Å². The minimum atomic E-state index is -3.10. The maximum atomic E-state index is 12.1. The van der Waals surface area contributed by atoms with Crippen molar-refractivity contribution in [3.05, 3.63) is 41.3 Å². The van der Waals surface area contributed by atoms with Crippen molar-refractivity contribution in [1.29, 1.82) is 0 Å². The largest absolute Gasteiger partial charge is 0.449 e. The highest BCUT2D eigenvalue weighted by molar-refractivity contribution is 7.91. The number of carbonyl (C=O) groups excluding carboxylic acids is 2. The number of fused-ring (bicyclic) bond motifs is 1. The normalized spacial score (nSPS) is 20.0. The first-order valence-corrected chi connectivity index (χ1v) is 10.5. The molecule has 0 aliphatic carbocycles. The Hall–Kier alpha value is -2.39. The smallest absolute Gasteiger partial charge is 0.331 e. The van der Waals surface area contributed by atoms with Gasteiger partial charge in [-0.15, -0.1) is 0 Å². The summed E-state index contributed by atoms with van der Waals surface area (Å²) in [6.45, 7) is 1.42. The number of hydrogen-bond acceptors (Lipinski definition) is 6. The van der Waals surface area contributed by atoms with E-state index < -0.39 is 33.9 Å². The predicted octanol–water partition coefficient (Wildman–Crippen LogP) is 1.24. The number of esters is 1.